The molecule has 0 aliphatic rings. The van der Waals surface area contributed by atoms with Crippen molar-refractivity contribution in [2.24, 2.45) is 0 Å². The lowest BCUT2D eigenvalue weighted by Crippen LogP contribution is -2.06. The van der Waals surface area contributed by atoms with Gasteiger partial charge in [0.2, 0.25) is 5.82 Å². The molecule has 0 radical (unpaired) electrons. The van der Waals surface area contributed by atoms with Crippen LogP contribution in [0.4, 0.5) is 18.9 Å². The molecule has 0 saturated carbocycles. The molecule has 134 valence electrons. The van der Waals surface area contributed by atoms with Gasteiger partial charge in [-0.05, 0) is 0 Å². The van der Waals surface area contributed by atoms with Gasteiger partial charge in [0.15, 0.2) is 5.78 Å². The van der Waals surface area contributed by atoms with Crippen LogP contribution >= 0.6 is 0 Å². The smallest absolute Gasteiger partial charge is 0.289 e. The van der Waals surface area contributed by atoms with Crippen molar-refractivity contribution in [3.05, 3.63) is 88.0 Å². The molecule has 3 aromatic rings. The quantitative estimate of drug-likeness (QED) is 0.434. The average Bonchev–Trinajstić information content (AvgIpc) is 3.18. The average molecular weight is 364 g/mol. The molecule has 1 N–H and O–H groups in total. The zero-order valence-electron chi connectivity index (χ0n) is 13.0. The van der Waals surface area contributed by atoms with Crippen LogP contribution in [0.1, 0.15) is 21.7 Å². The van der Waals surface area contributed by atoms with Gasteiger partial charge in [-0.15, -0.1) is 0 Å². The number of carbonyl (C=O) groups is 1. The molecule has 10 heteroatoms. The summed E-state index contributed by atoms with van der Waals surface area (Å²) < 4.78 is 34.5. The molecule has 1 aromatic heterocycles. The molecule has 0 aliphatic carbocycles. The predicted molar refractivity (Wildman–Crippen MR) is 84.4 cm³/mol. The summed E-state index contributed by atoms with van der Waals surface area (Å²) in [5, 5.41) is 15.3. The molecular formula is C16H11F3N4O3. The fourth-order valence-corrected chi connectivity index (χ4v) is 1.86. The third-order valence-electron chi connectivity index (χ3n) is 3.04. The van der Waals surface area contributed by atoms with E-state index in [0.717, 1.165) is 6.33 Å². The number of nitrogens with zero attached hydrogens (tertiary/aromatic N) is 3. The van der Waals surface area contributed by atoms with Crippen LogP contribution in [0.15, 0.2) is 60.9 Å². The van der Waals surface area contributed by atoms with E-state index in [1.165, 1.54) is 18.2 Å². The van der Waals surface area contributed by atoms with Gasteiger partial charge in [0.25, 0.3) is 5.69 Å². The van der Waals surface area contributed by atoms with Crippen molar-refractivity contribution in [2.75, 3.05) is 0 Å². The first-order valence-electron chi connectivity index (χ1n) is 7.06. The Kier molecular flexibility index (Phi) is 5.78. The fourth-order valence-electron chi connectivity index (χ4n) is 1.86. The minimum atomic E-state index is -4.41. The second kappa shape index (κ2) is 8.01. The number of aromatic nitrogens is 3. The van der Waals surface area contributed by atoms with E-state index in [1.807, 2.05) is 6.07 Å². The summed E-state index contributed by atoms with van der Waals surface area (Å²) in [5.41, 5.74) is 0.769. The van der Waals surface area contributed by atoms with Crippen LogP contribution in [-0.2, 0) is 6.18 Å². The second-order valence-corrected chi connectivity index (χ2v) is 4.83. The highest BCUT2D eigenvalue weighted by Gasteiger charge is 2.34. The molecule has 1 heterocycles. The number of non-ortho nitro benzene ring substituents is 1. The number of nitro benzene ring substituents is 1. The number of aromatic amines is 1. The summed E-state index contributed by atoms with van der Waals surface area (Å²) in [6, 6.07) is 14.4. The number of benzene rings is 2. The molecule has 26 heavy (non-hydrogen) atoms. The van der Waals surface area contributed by atoms with Gasteiger partial charge in [-0.2, -0.15) is 18.3 Å². The number of hydrogen-bond acceptors (Lipinski definition) is 5. The maximum Gasteiger partial charge on any atom is 0.451 e. The molecule has 2 aromatic carbocycles. The number of H-pyrrole nitrogens is 1. The van der Waals surface area contributed by atoms with Gasteiger partial charge in [-0.3, -0.25) is 20.0 Å². The Hall–Kier alpha value is -3.56. The van der Waals surface area contributed by atoms with Crippen molar-refractivity contribution in [2.45, 2.75) is 6.18 Å². The van der Waals surface area contributed by atoms with E-state index in [1.54, 1.807) is 35.4 Å². The van der Waals surface area contributed by atoms with Crippen LogP contribution in [0.2, 0.25) is 0 Å². The first-order valence-corrected chi connectivity index (χ1v) is 7.06. The van der Waals surface area contributed by atoms with Gasteiger partial charge < -0.3 is 0 Å². The summed E-state index contributed by atoms with van der Waals surface area (Å²) >= 11 is 0. The molecule has 0 atom stereocenters. The summed E-state index contributed by atoms with van der Waals surface area (Å²) in [5.74, 6) is -1.28. The molecule has 0 bridgehead atoms. The van der Waals surface area contributed by atoms with E-state index in [2.05, 4.69) is 10.1 Å². The number of ketones is 1. The standard InChI is InChI=1S/C13H9NO3.C3H2F3N3/c15-13(10-5-2-1-3-6-10)11-7-4-8-12(9-11)14(16)17;4-3(5,6)2-7-1-8-9-2/h1-9H;1H,(H,7,8,9). The first-order chi connectivity index (χ1) is 12.3. The lowest BCUT2D eigenvalue weighted by Gasteiger charge is -2.00. The van der Waals surface area contributed by atoms with Gasteiger partial charge in [0.05, 0.1) is 4.92 Å². The first kappa shape index (κ1) is 18.8. The predicted octanol–water partition coefficient (Wildman–Crippen LogP) is 3.65. The number of rotatable bonds is 3. The largest absolute Gasteiger partial charge is 0.451 e. The number of nitrogens with one attached hydrogen (secondary N) is 1. The summed E-state index contributed by atoms with van der Waals surface area (Å²) in [7, 11) is 0. The number of halogens is 3. The second-order valence-electron chi connectivity index (χ2n) is 4.83. The third-order valence-corrected chi connectivity index (χ3v) is 3.04. The van der Waals surface area contributed by atoms with Crippen LogP contribution < -0.4 is 0 Å². The van der Waals surface area contributed by atoms with E-state index in [0.29, 0.717) is 11.1 Å². The van der Waals surface area contributed by atoms with E-state index < -0.39 is 16.9 Å². The SMILES string of the molecule is FC(F)(F)c1ncn[nH]1.O=C(c1ccccc1)c1cccc([N+](=O)[O-])c1. The summed E-state index contributed by atoms with van der Waals surface area (Å²) in [6.45, 7) is 0. The summed E-state index contributed by atoms with van der Waals surface area (Å²) in [4.78, 5) is 25.0. The normalized spacial score (nSPS) is 10.6. The van der Waals surface area contributed by atoms with Crippen LogP contribution in [0.3, 0.4) is 0 Å². The van der Waals surface area contributed by atoms with E-state index in [-0.39, 0.29) is 11.5 Å². The van der Waals surface area contributed by atoms with E-state index in [4.69, 9.17) is 0 Å². The molecule has 7 nitrogen and oxygen atoms in total. The molecule has 0 saturated heterocycles. The Bertz CT molecular complexity index is 881. The Labute approximate surface area is 144 Å². The number of alkyl halides is 3. The van der Waals surface area contributed by atoms with Gasteiger partial charge in [-0.1, -0.05) is 42.5 Å². The molecule has 0 spiro atoms. The van der Waals surface area contributed by atoms with Crippen molar-refractivity contribution in [1.29, 1.82) is 0 Å². The highest BCUT2D eigenvalue weighted by atomic mass is 19.4. The van der Waals surface area contributed by atoms with Crippen LogP contribution in [0.5, 0.6) is 0 Å². The molecule has 0 fully saturated rings. The van der Waals surface area contributed by atoms with Crippen molar-refractivity contribution in [3.63, 3.8) is 0 Å². The Balaban J connectivity index is 0.000000228. The number of nitro groups is 1. The van der Waals surface area contributed by atoms with Crippen LogP contribution in [-0.4, -0.2) is 25.9 Å². The lowest BCUT2D eigenvalue weighted by molar-refractivity contribution is -0.384. The Morgan fingerprint density at radius 1 is 1.04 bits per heavy atom. The van der Waals surface area contributed by atoms with Crippen molar-refractivity contribution in [1.82, 2.24) is 15.2 Å². The highest BCUT2D eigenvalue weighted by molar-refractivity contribution is 6.09. The van der Waals surface area contributed by atoms with Gasteiger partial charge in [-0.25, -0.2) is 4.98 Å². The van der Waals surface area contributed by atoms with E-state index >= 15 is 0 Å². The number of carbonyl (C=O) groups excluding carboxylic acids is 1. The molecule has 0 amide bonds. The molecule has 0 unspecified atom stereocenters. The Morgan fingerprint density at radius 3 is 2.19 bits per heavy atom. The maximum absolute atomic E-state index is 12.0. The van der Waals surface area contributed by atoms with Gasteiger partial charge in [0.1, 0.15) is 6.33 Å². The van der Waals surface area contributed by atoms with E-state index in [9.17, 15) is 28.1 Å². The van der Waals surface area contributed by atoms with Gasteiger partial charge >= 0.3 is 6.18 Å². The summed E-state index contributed by atoms with van der Waals surface area (Å²) in [6.07, 6.45) is -3.60. The fraction of sp³-hybridized carbons (Fsp3) is 0.0625. The lowest BCUT2D eigenvalue weighted by atomic mass is 10.0. The van der Waals surface area contributed by atoms with Crippen molar-refractivity contribution >= 4 is 11.5 Å². The monoisotopic (exact) mass is 364 g/mol. The highest BCUT2D eigenvalue weighted by Crippen LogP contribution is 2.24. The molecule has 3 rings (SSSR count). The Morgan fingerprint density at radius 2 is 1.69 bits per heavy atom. The maximum atomic E-state index is 12.0. The topological polar surface area (TPSA) is 102 Å². The third kappa shape index (κ3) is 4.97. The van der Waals surface area contributed by atoms with Crippen molar-refractivity contribution < 1.29 is 22.9 Å². The molecular weight excluding hydrogens is 353 g/mol. The minimum Gasteiger partial charge on any atom is -0.289 e. The van der Waals surface area contributed by atoms with Crippen LogP contribution in [0, 0.1) is 10.1 Å². The molecule has 0 aliphatic heterocycles. The number of hydrogen-bond donors (Lipinski definition) is 1. The zero-order valence-corrected chi connectivity index (χ0v) is 13.0. The minimum absolute atomic E-state index is 0.0771. The van der Waals surface area contributed by atoms with Crippen LogP contribution in [0.25, 0.3) is 0 Å². The zero-order chi connectivity index (χ0) is 19.2. The van der Waals surface area contributed by atoms with Gasteiger partial charge in [0, 0.05) is 23.3 Å². The van der Waals surface area contributed by atoms with Crippen molar-refractivity contribution in [3.8, 4) is 0 Å².